The number of aliphatic hydroxyl groups excluding tert-OH is 1. The van der Waals surface area contributed by atoms with Crippen LogP contribution in [0, 0.1) is 35.5 Å². The van der Waals surface area contributed by atoms with E-state index in [1.165, 1.54) is 12.0 Å². The van der Waals surface area contributed by atoms with Crippen LogP contribution in [-0.2, 0) is 57.2 Å². The number of hydrogen-bond donors (Lipinski definition) is 3. The van der Waals surface area contributed by atoms with Crippen LogP contribution in [0.5, 0.6) is 0 Å². The van der Waals surface area contributed by atoms with Gasteiger partial charge < -0.3 is 48.6 Å². The molecule has 0 aromatic rings. The van der Waals surface area contributed by atoms with E-state index in [4.69, 9.17) is 28.4 Å². The molecule has 3 aliphatic heterocycles. The zero-order valence-corrected chi connectivity index (χ0v) is 42.6. The predicted molar refractivity (Wildman–Crippen MR) is 257 cm³/mol. The van der Waals surface area contributed by atoms with Gasteiger partial charge in [-0.05, 0) is 107 Å². The van der Waals surface area contributed by atoms with Crippen LogP contribution in [0.2, 0.25) is 0 Å². The van der Waals surface area contributed by atoms with Crippen molar-refractivity contribution in [1.29, 1.82) is 0 Å². The zero-order valence-electron chi connectivity index (χ0n) is 42.6. The maximum atomic E-state index is 14.5. The number of carboxylic acids is 1. The number of carbonyl (C=O) groups excluding carboxylic acids is 5. The number of carbonyl (C=O) groups is 6. The number of piperidine rings is 1. The molecule has 0 aromatic heterocycles. The van der Waals surface area contributed by atoms with Gasteiger partial charge in [0.2, 0.25) is 5.79 Å². The zero-order chi connectivity index (χ0) is 51.2. The average Bonchev–Trinajstić information content (AvgIpc) is 3.32. The Kier molecular flexibility index (Phi) is 22.6. The number of carboxylic acid groups (broad SMARTS) is 1. The third kappa shape index (κ3) is 15.8. The van der Waals surface area contributed by atoms with Gasteiger partial charge in [0.25, 0.3) is 11.7 Å². The van der Waals surface area contributed by atoms with Crippen molar-refractivity contribution in [2.45, 2.75) is 180 Å². The molecule has 0 radical (unpaired) electrons. The first-order chi connectivity index (χ1) is 32.6. The Labute approximate surface area is 409 Å². The second-order valence-electron chi connectivity index (χ2n) is 20.3. The molecule has 1 saturated carbocycles. The first-order valence-electron chi connectivity index (χ1n) is 25.0. The number of cyclic esters (lactones) is 1. The summed E-state index contributed by atoms with van der Waals surface area (Å²) < 4.78 is 35.2. The summed E-state index contributed by atoms with van der Waals surface area (Å²) in [6.07, 6.45) is 10.8. The number of nitrogens with zero attached hydrogens (tertiary/aromatic N) is 1. The molecule has 16 heteroatoms. The highest BCUT2D eigenvalue weighted by atomic mass is 16.6. The number of methoxy groups -OCH3 is 3. The van der Waals surface area contributed by atoms with Crippen LogP contribution in [-0.4, -0.2) is 144 Å². The van der Waals surface area contributed by atoms with E-state index in [9.17, 15) is 44.1 Å². The molecule has 3 fully saturated rings. The molecule has 0 aromatic carbocycles. The SMILES string of the molecule is CO[C@H]1C[C@@H]2CC[C@@H](C)[C@@](O)(O2)C(=O)C(=O)N2CCCC[C@H]2C(=O)O[C@H]([C@H](C)C[C@@H]2CC[C@@H](OCC(=O)O)[C@H](OC)C2)CC(=O)[C@H](C)/C=C(\C)[C@@H](O)[C@@H](OC)C(=O)[C@H](C)C[C@H](C)/C=C/C=CC=C1C. The lowest BCUT2D eigenvalue weighted by atomic mass is 9.78. The van der Waals surface area contributed by atoms with E-state index >= 15 is 0 Å². The molecule has 69 heavy (non-hydrogen) atoms. The highest BCUT2D eigenvalue weighted by Gasteiger charge is 2.53. The molecular formula is C53H81NO15. The number of aliphatic hydroxyl groups is 2. The van der Waals surface area contributed by atoms with Crippen LogP contribution in [0.1, 0.15) is 126 Å². The topological polar surface area (TPSA) is 222 Å². The summed E-state index contributed by atoms with van der Waals surface area (Å²) in [4.78, 5) is 83.3. The van der Waals surface area contributed by atoms with Crippen molar-refractivity contribution >= 4 is 35.2 Å². The smallest absolute Gasteiger partial charge is 0.329 e. The molecule has 0 spiro atoms. The molecule has 388 valence electrons. The van der Waals surface area contributed by atoms with Crippen molar-refractivity contribution in [3.63, 3.8) is 0 Å². The molecule has 4 rings (SSSR count). The number of allylic oxidation sites excluding steroid dienone is 6. The number of aliphatic carboxylic acids is 1. The lowest BCUT2D eigenvalue weighted by molar-refractivity contribution is -0.265. The van der Waals surface area contributed by atoms with Crippen LogP contribution in [0.3, 0.4) is 0 Å². The van der Waals surface area contributed by atoms with Crippen molar-refractivity contribution in [1.82, 2.24) is 4.90 Å². The fraction of sp³-hybridized carbons (Fsp3) is 0.736. The van der Waals surface area contributed by atoms with E-state index in [-0.39, 0.29) is 48.9 Å². The fourth-order valence-electron chi connectivity index (χ4n) is 10.5. The van der Waals surface area contributed by atoms with E-state index in [2.05, 4.69) is 0 Å². The molecule has 2 saturated heterocycles. The Morgan fingerprint density at radius 3 is 2.26 bits per heavy atom. The standard InChI is InChI=1S/C53H81NO15/c1-31-16-12-11-13-17-32(2)43(64-8)28-39-21-19-37(7)53(63,69-39)50(60)51(61)54-23-15-14-18-40(54)52(62)68-44(34(4)26-38-20-22-42(45(27-38)65-9)67-30-46(56)57)29-41(55)33(3)25-36(6)48(59)49(66-10)47(58)35(5)24-31/h11-13,16-17,25,31,33-35,37-40,42-45,48-49,59,63H,14-15,18-24,26-30H2,1-10H3,(H,56,57)/b13-11?,16-12+,32-17?,36-25+/t31-,33-,34-,35-,37-,38+,39+,40+,42-,43+,44+,45-,48-,49+,53-/m1/s1. The summed E-state index contributed by atoms with van der Waals surface area (Å²) in [5, 5.41) is 32.6. The first kappa shape index (κ1) is 57.7. The maximum Gasteiger partial charge on any atom is 0.329 e. The average molecular weight is 972 g/mol. The summed E-state index contributed by atoms with van der Waals surface area (Å²) in [5.74, 6) is -9.40. The van der Waals surface area contributed by atoms with Gasteiger partial charge in [-0.1, -0.05) is 71.1 Å². The number of rotatable bonds is 9. The van der Waals surface area contributed by atoms with E-state index in [0.717, 1.165) is 5.57 Å². The Hall–Kier alpha value is -3.90. The third-order valence-electron chi connectivity index (χ3n) is 14.9. The van der Waals surface area contributed by atoms with Gasteiger partial charge in [0, 0.05) is 58.5 Å². The number of ether oxygens (including phenoxy) is 6. The summed E-state index contributed by atoms with van der Waals surface area (Å²) >= 11 is 0. The fourth-order valence-corrected chi connectivity index (χ4v) is 10.5. The summed E-state index contributed by atoms with van der Waals surface area (Å²) in [6.45, 7) is 12.2. The largest absolute Gasteiger partial charge is 0.480 e. The monoisotopic (exact) mass is 972 g/mol. The van der Waals surface area contributed by atoms with Crippen LogP contribution in [0.15, 0.2) is 47.6 Å². The van der Waals surface area contributed by atoms with Crippen LogP contribution in [0.25, 0.3) is 0 Å². The predicted octanol–water partition coefficient (Wildman–Crippen LogP) is 6.29. The summed E-state index contributed by atoms with van der Waals surface area (Å²) in [7, 11) is 4.48. The van der Waals surface area contributed by atoms with Crippen molar-refractivity contribution in [2.75, 3.05) is 34.5 Å². The van der Waals surface area contributed by atoms with Crippen LogP contribution >= 0.6 is 0 Å². The van der Waals surface area contributed by atoms with Crippen molar-refractivity contribution in [2.24, 2.45) is 35.5 Å². The minimum absolute atomic E-state index is 0.00371. The Balaban J connectivity index is 1.70. The maximum absolute atomic E-state index is 14.5. The number of amides is 1. The molecule has 1 amide bonds. The Morgan fingerprint density at radius 1 is 0.870 bits per heavy atom. The van der Waals surface area contributed by atoms with Gasteiger partial charge in [-0.25, -0.2) is 9.59 Å². The Morgan fingerprint density at radius 2 is 1.59 bits per heavy atom. The normalized spacial score (nSPS) is 37.5. The molecule has 16 nitrogen and oxygen atoms in total. The van der Waals surface area contributed by atoms with Crippen LogP contribution < -0.4 is 0 Å². The van der Waals surface area contributed by atoms with Gasteiger partial charge in [0.05, 0.1) is 24.4 Å². The number of esters is 1. The number of fused-ring (bicyclic) bond motifs is 3. The lowest BCUT2D eigenvalue weighted by Gasteiger charge is -2.42. The van der Waals surface area contributed by atoms with Gasteiger partial charge in [-0.15, -0.1) is 0 Å². The molecule has 2 bridgehead atoms. The van der Waals surface area contributed by atoms with Gasteiger partial charge in [-0.3, -0.25) is 19.2 Å². The van der Waals surface area contributed by atoms with Gasteiger partial charge in [0.1, 0.15) is 36.7 Å². The van der Waals surface area contributed by atoms with Crippen molar-refractivity contribution in [3.8, 4) is 0 Å². The molecule has 0 unspecified atom stereocenters. The highest BCUT2D eigenvalue weighted by molar-refractivity contribution is 6.39. The Bertz CT molecular complexity index is 1890. The van der Waals surface area contributed by atoms with Gasteiger partial charge >= 0.3 is 11.9 Å². The van der Waals surface area contributed by atoms with E-state index in [1.54, 1.807) is 48.0 Å². The summed E-state index contributed by atoms with van der Waals surface area (Å²) in [5.41, 5.74) is 1.23. The highest BCUT2D eigenvalue weighted by Crippen LogP contribution is 2.38. The van der Waals surface area contributed by atoms with Crippen LogP contribution in [0.4, 0.5) is 0 Å². The van der Waals surface area contributed by atoms with Gasteiger partial charge in [-0.2, -0.15) is 0 Å². The minimum atomic E-state index is -2.45. The first-order valence-corrected chi connectivity index (χ1v) is 25.0. The molecule has 3 heterocycles. The second kappa shape index (κ2) is 27.1. The van der Waals surface area contributed by atoms with E-state index in [1.807, 2.05) is 51.2 Å². The number of ketones is 3. The third-order valence-corrected chi connectivity index (χ3v) is 14.9. The number of hydrogen-bond acceptors (Lipinski definition) is 14. The molecular weight excluding hydrogens is 891 g/mol. The minimum Gasteiger partial charge on any atom is -0.480 e. The van der Waals surface area contributed by atoms with Crippen molar-refractivity contribution in [3.05, 3.63) is 47.6 Å². The van der Waals surface area contributed by atoms with Gasteiger partial charge in [0.15, 0.2) is 5.78 Å². The van der Waals surface area contributed by atoms with Crippen molar-refractivity contribution < 1.29 is 72.5 Å². The molecule has 3 N–H and O–H groups in total. The molecule has 15 atom stereocenters. The number of Topliss-reactive ketones (excluding diaryl/α,β-unsaturated/α-hetero) is 3. The second-order valence-corrected chi connectivity index (χ2v) is 20.3. The molecule has 4 aliphatic rings. The lowest BCUT2D eigenvalue weighted by Crippen LogP contribution is -2.61. The quantitative estimate of drug-likeness (QED) is 0.131. The van der Waals surface area contributed by atoms with E-state index in [0.29, 0.717) is 69.8 Å². The molecule has 1 aliphatic carbocycles. The van der Waals surface area contributed by atoms with E-state index < -0.39 is 102 Å². The summed E-state index contributed by atoms with van der Waals surface area (Å²) in [6, 6.07) is -1.17.